The summed E-state index contributed by atoms with van der Waals surface area (Å²) in [4.78, 5) is 10.0. The predicted molar refractivity (Wildman–Crippen MR) is 58.5 cm³/mol. The number of nitro groups is 1. The molecular weight excluding hydrogens is 254 g/mol. The average Bonchev–Trinajstić information content (AvgIpc) is 2.14. The van der Waals surface area contributed by atoms with Gasteiger partial charge in [-0.3, -0.25) is 14.7 Å². The van der Waals surface area contributed by atoms with Crippen molar-refractivity contribution < 1.29 is 28.1 Å². The molecule has 0 aliphatic rings. The summed E-state index contributed by atoms with van der Waals surface area (Å²) in [5.41, 5.74) is -2.00. The fourth-order valence-corrected chi connectivity index (χ4v) is 1.71. The van der Waals surface area contributed by atoms with E-state index in [1.165, 1.54) is 6.92 Å². The normalized spacial score (nSPS) is 17.4. The van der Waals surface area contributed by atoms with Gasteiger partial charge in [0, 0.05) is 17.8 Å². The van der Waals surface area contributed by atoms with Crippen LogP contribution in [0.3, 0.4) is 0 Å². The zero-order valence-electron chi connectivity index (χ0n) is 9.39. The lowest BCUT2D eigenvalue weighted by molar-refractivity contribution is -0.525. The first-order chi connectivity index (χ1) is 7.64. The Kier molecular flexibility index (Phi) is 6.53. The molecule has 0 bridgehead atoms. The first-order valence-electron chi connectivity index (χ1n) is 5.10. The molecule has 0 fully saturated rings. The molecule has 0 radical (unpaired) electrons. The van der Waals surface area contributed by atoms with Crippen LogP contribution in [-0.2, 0) is 10.1 Å². The fourth-order valence-electron chi connectivity index (χ4n) is 1.27. The summed E-state index contributed by atoms with van der Waals surface area (Å²) in [6.07, 6.45) is -0.967. The molecule has 0 aliphatic heterocycles. The van der Waals surface area contributed by atoms with Crippen molar-refractivity contribution in [2.45, 2.75) is 50.2 Å². The standard InChI is InChI=1S/C8H17NO7S/c1-6(10)2-3-7(9(12)13)4-5-8(11)17(14,15)16/h6-8,10-11H,2-5H2,1H3,(H,14,15,16). The van der Waals surface area contributed by atoms with Crippen LogP contribution in [-0.4, -0.2) is 45.7 Å². The van der Waals surface area contributed by atoms with Crippen molar-refractivity contribution in [2.24, 2.45) is 0 Å². The molecule has 3 unspecified atom stereocenters. The Labute approximate surface area is 99.2 Å². The number of aliphatic hydroxyl groups excluding tert-OH is 2. The number of hydrogen-bond donors (Lipinski definition) is 3. The topological polar surface area (TPSA) is 138 Å². The highest BCUT2D eigenvalue weighted by molar-refractivity contribution is 7.86. The molecule has 0 spiro atoms. The van der Waals surface area contributed by atoms with Gasteiger partial charge in [0.15, 0.2) is 5.44 Å². The molecule has 3 atom stereocenters. The number of rotatable bonds is 8. The number of hydrogen-bond acceptors (Lipinski definition) is 6. The molecule has 0 aromatic rings. The molecule has 0 aromatic carbocycles. The van der Waals surface area contributed by atoms with Gasteiger partial charge in [0.25, 0.3) is 10.1 Å². The Morgan fingerprint density at radius 3 is 2.00 bits per heavy atom. The van der Waals surface area contributed by atoms with E-state index in [-0.39, 0.29) is 19.3 Å². The summed E-state index contributed by atoms with van der Waals surface area (Å²) in [6, 6.07) is -1.04. The van der Waals surface area contributed by atoms with Crippen LogP contribution in [0.4, 0.5) is 0 Å². The van der Waals surface area contributed by atoms with Crippen molar-refractivity contribution in [3.8, 4) is 0 Å². The van der Waals surface area contributed by atoms with E-state index >= 15 is 0 Å². The molecule has 0 saturated carbocycles. The minimum atomic E-state index is -4.57. The quantitative estimate of drug-likeness (QED) is 0.315. The van der Waals surface area contributed by atoms with Crippen LogP contribution in [0.25, 0.3) is 0 Å². The Bertz CT molecular complexity index is 340. The molecule has 3 N–H and O–H groups in total. The Hall–Kier alpha value is -0.770. The smallest absolute Gasteiger partial charge is 0.291 e. The largest absolute Gasteiger partial charge is 0.393 e. The van der Waals surface area contributed by atoms with Gasteiger partial charge in [-0.1, -0.05) is 0 Å². The molecule has 17 heavy (non-hydrogen) atoms. The molecule has 0 heterocycles. The van der Waals surface area contributed by atoms with E-state index in [1.807, 2.05) is 0 Å². The van der Waals surface area contributed by atoms with Crippen molar-refractivity contribution >= 4 is 10.1 Å². The van der Waals surface area contributed by atoms with E-state index in [1.54, 1.807) is 0 Å². The SMILES string of the molecule is CC(O)CCC(CCC(O)S(=O)(=O)O)[N+](=O)[O-]. The molecule has 0 rings (SSSR count). The monoisotopic (exact) mass is 271 g/mol. The van der Waals surface area contributed by atoms with Crippen LogP contribution in [0.1, 0.15) is 32.6 Å². The van der Waals surface area contributed by atoms with Gasteiger partial charge < -0.3 is 10.2 Å². The van der Waals surface area contributed by atoms with Gasteiger partial charge in [0.1, 0.15) is 0 Å². The van der Waals surface area contributed by atoms with E-state index in [9.17, 15) is 18.5 Å². The molecule has 0 saturated heterocycles. The maximum atomic E-state index is 10.6. The predicted octanol–water partition coefficient (Wildman–Crippen LogP) is -0.221. The Morgan fingerprint density at radius 2 is 1.65 bits per heavy atom. The lowest BCUT2D eigenvalue weighted by Crippen LogP contribution is -2.26. The van der Waals surface area contributed by atoms with Crippen molar-refractivity contribution in [3.05, 3.63) is 10.1 Å². The van der Waals surface area contributed by atoms with E-state index in [0.717, 1.165) is 0 Å². The van der Waals surface area contributed by atoms with E-state index in [0.29, 0.717) is 0 Å². The zero-order valence-corrected chi connectivity index (χ0v) is 10.2. The molecular formula is C8H17NO7S. The van der Waals surface area contributed by atoms with Crippen LogP contribution >= 0.6 is 0 Å². The van der Waals surface area contributed by atoms with Crippen LogP contribution in [0, 0.1) is 10.1 Å². The minimum Gasteiger partial charge on any atom is -0.393 e. The third-order valence-corrected chi connectivity index (χ3v) is 3.23. The first kappa shape index (κ1) is 16.2. The van der Waals surface area contributed by atoms with Gasteiger partial charge in [-0.25, -0.2) is 0 Å². The van der Waals surface area contributed by atoms with E-state index in [4.69, 9.17) is 14.8 Å². The number of nitrogens with zero attached hydrogens (tertiary/aromatic N) is 1. The summed E-state index contributed by atoms with van der Waals surface area (Å²) in [7, 11) is -4.57. The van der Waals surface area contributed by atoms with Gasteiger partial charge in [-0.15, -0.1) is 0 Å². The maximum Gasteiger partial charge on any atom is 0.291 e. The van der Waals surface area contributed by atoms with Crippen molar-refractivity contribution in [1.29, 1.82) is 0 Å². The summed E-state index contributed by atoms with van der Waals surface area (Å²) in [5.74, 6) is 0. The second-order valence-corrected chi connectivity index (χ2v) is 5.49. The third-order valence-electron chi connectivity index (χ3n) is 2.31. The summed E-state index contributed by atoms with van der Waals surface area (Å²) in [5, 5.41) is 28.6. The molecule has 9 heteroatoms. The molecule has 8 nitrogen and oxygen atoms in total. The van der Waals surface area contributed by atoms with Crippen molar-refractivity contribution in [1.82, 2.24) is 0 Å². The highest BCUT2D eigenvalue weighted by Gasteiger charge is 2.26. The highest BCUT2D eigenvalue weighted by atomic mass is 32.2. The zero-order chi connectivity index (χ0) is 13.6. The van der Waals surface area contributed by atoms with Gasteiger partial charge in [-0.2, -0.15) is 8.42 Å². The molecule has 102 valence electrons. The third kappa shape index (κ3) is 7.21. The maximum absolute atomic E-state index is 10.6. The van der Waals surface area contributed by atoms with Crippen molar-refractivity contribution in [2.75, 3.05) is 0 Å². The number of aliphatic hydroxyl groups is 2. The first-order valence-corrected chi connectivity index (χ1v) is 6.60. The molecule has 0 aromatic heterocycles. The van der Waals surface area contributed by atoms with Crippen LogP contribution < -0.4 is 0 Å². The van der Waals surface area contributed by atoms with Gasteiger partial charge in [0.2, 0.25) is 6.04 Å². The average molecular weight is 271 g/mol. The lowest BCUT2D eigenvalue weighted by atomic mass is 10.0. The second-order valence-electron chi connectivity index (χ2n) is 3.91. The van der Waals surface area contributed by atoms with Gasteiger partial charge in [0.05, 0.1) is 6.10 Å². The van der Waals surface area contributed by atoms with Crippen LogP contribution in [0.15, 0.2) is 0 Å². The summed E-state index contributed by atoms with van der Waals surface area (Å²) >= 11 is 0. The fraction of sp³-hybridized carbons (Fsp3) is 1.00. The second kappa shape index (κ2) is 6.84. The lowest BCUT2D eigenvalue weighted by Gasteiger charge is -2.12. The Balaban J connectivity index is 4.23. The Morgan fingerprint density at radius 1 is 1.18 bits per heavy atom. The van der Waals surface area contributed by atoms with Gasteiger partial charge >= 0.3 is 0 Å². The molecule has 0 amide bonds. The summed E-state index contributed by atoms with van der Waals surface area (Å²) in [6.45, 7) is 1.49. The van der Waals surface area contributed by atoms with Crippen LogP contribution in [0.5, 0.6) is 0 Å². The molecule has 0 aliphatic carbocycles. The van der Waals surface area contributed by atoms with Crippen molar-refractivity contribution in [3.63, 3.8) is 0 Å². The van der Waals surface area contributed by atoms with Crippen LogP contribution in [0.2, 0.25) is 0 Å². The minimum absolute atomic E-state index is 0.0862. The van der Waals surface area contributed by atoms with E-state index < -0.39 is 39.0 Å². The van der Waals surface area contributed by atoms with Gasteiger partial charge in [-0.05, 0) is 19.8 Å². The summed E-state index contributed by atoms with van der Waals surface area (Å²) < 4.78 is 29.4. The highest BCUT2D eigenvalue weighted by Crippen LogP contribution is 2.14. The van der Waals surface area contributed by atoms with E-state index in [2.05, 4.69) is 0 Å².